The van der Waals surface area contributed by atoms with Crippen molar-refractivity contribution in [2.45, 2.75) is 148 Å². The van der Waals surface area contributed by atoms with Crippen LogP contribution in [-0.4, -0.2) is 60.6 Å². The molecule has 300 valence electrons. The first-order valence-electron chi connectivity index (χ1n) is 21.1. The first kappa shape index (κ1) is 43.9. The topological polar surface area (TPSA) is 105 Å². The van der Waals surface area contributed by atoms with Crippen LogP contribution in [0.2, 0.25) is 0 Å². The number of hydrogen-bond donors (Lipinski definition) is 3. The summed E-state index contributed by atoms with van der Waals surface area (Å²) >= 11 is 0. The van der Waals surface area contributed by atoms with E-state index < -0.39 is 18.9 Å². The third-order valence-corrected chi connectivity index (χ3v) is 12.2. The van der Waals surface area contributed by atoms with Crippen LogP contribution in [0.4, 0.5) is 0 Å². The number of aliphatic hydroxyl groups is 3. The van der Waals surface area contributed by atoms with Crippen LogP contribution >= 0.6 is 0 Å². The van der Waals surface area contributed by atoms with Gasteiger partial charge in [-0.3, -0.25) is 0 Å². The molecule has 0 radical (unpaired) electrons. The van der Waals surface area contributed by atoms with E-state index in [0.717, 1.165) is 36.2 Å². The maximum atomic E-state index is 12.0. The van der Waals surface area contributed by atoms with E-state index in [1.165, 1.54) is 93.7 Å². The van der Waals surface area contributed by atoms with Gasteiger partial charge in [0, 0.05) is 5.57 Å². The Hall–Kier alpha value is -2.81. The van der Waals surface area contributed by atoms with Crippen LogP contribution in [-0.2, 0) is 38.3 Å². The number of unbranched alkanes of at least 4 members (excludes halogenated alkanes) is 2. The molecule has 0 heterocycles. The first-order chi connectivity index (χ1) is 26.2. The molecule has 0 spiro atoms. The molecule has 0 aliphatic heterocycles. The quantitative estimate of drug-likeness (QED) is 0.0342. The second-order valence-corrected chi connectivity index (χ2v) is 15.8. The number of benzene rings is 2. The fourth-order valence-corrected chi connectivity index (χ4v) is 8.93. The molecule has 0 saturated heterocycles. The Balaban J connectivity index is 1.32. The zero-order valence-electron chi connectivity index (χ0n) is 33.7. The van der Waals surface area contributed by atoms with Gasteiger partial charge in [-0.25, -0.2) is 4.79 Å². The Bertz CT molecular complexity index is 1450. The fourth-order valence-electron chi connectivity index (χ4n) is 8.93. The Labute approximate surface area is 326 Å². The van der Waals surface area contributed by atoms with Gasteiger partial charge >= 0.3 is 5.97 Å². The predicted molar refractivity (Wildman–Crippen MR) is 218 cm³/mol. The summed E-state index contributed by atoms with van der Waals surface area (Å²) in [7, 11) is 0. The van der Waals surface area contributed by atoms with Crippen LogP contribution in [0, 0.1) is 11.8 Å². The Kier molecular flexibility index (Phi) is 18.9. The number of aryl methyl sites for hydroxylation is 3. The lowest BCUT2D eigenvalue weighted by Gasteiger charge is -2.39. The SMILES string of the molecule is C=C(CO)C(=O)OCCOC(CCCOC(O)C(=C)CO)c1ccc(C2CCC(C3CCC(c4ccc(CCCCC)cc4CC)CC3)CC2)c(CC)c1. The van der Waals surface area contributed by atoms with Crippen LogP contribution < -0.4 is 0 Å². The molecule has 2 fully saturated rings. The van der Waals surface area contributed by atoms with Gasteiger partial charge in [-0.05, 0) is 147 Å². The summed E-state index contributed by atoms with van der Waals surface area (Å²) < 4.78 is 16.9. The molecule has 0 bridgehead atoms. The fraction of sp³-hybridized carbons (Fsp3) is 0.638. The van der Waals surface area contributed by atoms with E-state index >= 15 is 0 Å². The van der Waals surface area contributed by atoms with Crippen LogP contribution in [0.15, 0.2) is 60.7 Å². The van der Waals surface area contributed by atoms with E-state index in [0.29, 0.717) is 18.8 Å². The average Bonchev–Trinajstić information content (AvgIpc) is 3.22. The van der Waals surface area contributed by atoms with Crippen molar-refractivity contribution in [2.24, 2.45) is 11.8 Å². The number of carbonyl (C=O) groups excluding carboxylic acids is 1. The molecule has 4 rings (SSSR count). The van der Waals surface area contributed by atoms with Crippen molar-refractivity contribution >= 4 is 5.97 Å². The number of hydrogen-bond acceptors (Lipinski definition) is 7. The van der Waals surface area contributed by atoms with Crippen molar-refractivity contribution in [1.29, 1.82) is 0 Å². The van der Waals surface area contributed by atoms with Crippen LogP contribution in [0.1, 0.15) is 156 Å². The normalized spacial score (nSPS) is 21.4. The summed E-state index contributed by atoms with van der Waals surface area (Å²) in [6, 6.07) is 14.2. The molecule has 2 aromatic carbocycles. The molecule has 2 atom stereocenters. The van der Waals surface area contributed by atoms with Gasteiger partial charge < -0.3 is 29.5 Å². The third-order valence-electron chi connectivity index (χ3n) is 12.2. The first-order valence-corrected chi connectivity index (χ1v) is 21.1. The summed E-state index contributed by atoms with van der Waals surface area (Å²) in [4.78, 5) is 12.0. The van der Waals surface area contributed by atoms with E-state index in [-0.39, 0.29) is 43.7 Å². The molecule has 0 aromatic heterocycles. The molecule has 7 heteroatoms. The van der Waals surface area contributed by atoms with E-state index in [1.54, 1.807) is 11.1 Å². The number of carbonyl (C=O) groups is 1. The summed E-state index contributed by atoms with van der Waals surface area (Å²) in [6.45, 7) is 13.7. The highest BCUT2D eigenvalue weighted by atomic mass is 16.6. The van der Waals surface area contributed by atoms with Crippen molar-refractivity contribution in [1.82, 2.24) is 0 Å². The van der Waals surface area contributed by atoms with Gasteiger partial charge in [-0.2, -0.15) is 0 Å². The number of aliphatic hydroxyl groups excluding tert-OH is 3. The molecule has 7 nitrogen and oxygen atoms in total. The Morgan fingerprint density at radius 3 is 1.93 bits per heavy atom. The van der Waals surface area contributed by atoms with E-state index in [2.05, 4.69) is 70.3 Å². The lowest BCUT2D eigenvalue weighted by Crippen LogP contribution is -2.25. The highest BCUT2D eigenvalue weighted by molar-refractivity contribution is 5.87. The highest BCUT2D eigenvalue weighted by Crippen LogP contribution is 2.47. The molecular formula is C47H70O7. The standard InChI is InChI=1S/C47H70O7/c1-6-9-10-12-35-14-24-43(36(7-2)29-35)40-19-15-38(16-20-40)39-17-21-41(22-18-39)44-25-23-42(30-37(44)8-3)45(13-11-26-53-46(50)33(4)31-48)52-27-28-54-47(51)34(5)32-49/h14,23-25,29-30,38-41,45-46,48-50H,4-13,15-22,26-28,31-32H2,1-3H3. The lowest BCUT2D eigenvalue weighted by molar-refractivity contribution is -0.141. The number of rotatable bonds is 23. The second kappa shape index (κ2) is 23.3. The van der Waals surface area contributed by atoms with Gasteiger partial charge in [0.05, 0.1) is 38.1 Å². The molecule has 2 unspecified atom stereocenters. The molecule has 2 aliphatic rings. The van der Waals surface area contributed by atoms with Gasteiger partial charge in [0.25, 0.3) is 0 Å². The maximum Gasteiger partial charge on any atom is 0.335 e. The van der Waals surface area contributed by atoms with Crippen molar-refractivity contribution < 1.29 is 34.3 Å². The zero-order valence-corrected chi connectivity index (χ0v) is 33.7. The minimum Gasteiger partial charge on any atom is -0.460 e. The molecule has 2 aliphatic carbocycles. The largest absolute Gasteiger partial charge is 0.460 e. The van der Waals surface area contributed by atoms with Crippen molar-refractivity contribution in [2.75, 3.05) is 33.0 Å². The van der Waals surface area contributed by atoms with Gasteiger partial charge in [0.1, 0.15) is 6.61 Å². The van der Waals surface area contributed by atoms with Crippen LogP contribution in [0.25, 0.3) is 0 Å². The Morgan fingerprint density at radius 2 is 1.35 bits per heavy atom. The highest BCUT2D eigenvalue weighted by Gasteiger charge is 2.33. The third kappa shape index (κ3) is 12.9. The second-order valence-electron chi connectivity index (χ2n) is 15.8. The summed E-state index contributed by atoms with van der Waals surface area (Å²) in [5, 5.41) is 28.4. The van der Waals surface area contributed by atoms with Gasteiger partial charge in [0.15, 0.2) is 6.29 Å². The van der Waals surface area contributed by atoms with Gasteiger partial charge in [-0.1, -0.05) is 83.2 Å². The number of esters is 1. The minimum atomic E-state index is -1.21. The van der Waals surface area contributed by atoms with Gasteiger partial charge in [-0.15, -0.1) is 0 Å². The molecule has 54 heavy (non-hydrogen) atoms. The smallest absolute Gasteiger partial charge is 0.335 e. The molecule has 2 aromatic rings. The van der Waals surface area contributed by atoms with E-state index in [4.69, 9.17) is 19.3 Å². The molecular weight excluding hydrogens is 677 g/mol. The molecule has 3 N–H and O–H groups in total. The maximum absolute atomic E-state index is 12.0. The van der Waals surface area contributed by atoms with Crippen molar-refractivity contribution in [3.05, 3.63) is 94.1 Å². The zero-order chi connectivity index (χ0) is 38.9. The average molecular weight is 747 g/mol. The predicted octanol–water partition coefficient (Wildman–Crippen LogP) is 9.61. The molecule has 0 amide bonds. The molecule has 2 saturated carbocycles. The monoisotopic (exact) mass is 747 g/mol. The lowest BCUT2D eigenvalue weighted by atomic mass is 9.67. The van der Waals surface area contributed by atoms with Crippen LogP contribution in [0.3, 0.4) is 0 Å². The summed E-state index contributed by atoms with van der Waals surface area (Å²) in [5.74, 6) is 2.38. The summed E-state index contributed by atoms with van der Waals surface area (Å²) in [5.41, 5.74) is 8.88. The van der Waals surface area contributed by atoms with E-state index in [1.807, 2.05) is 0 Å². The summed E-state index contributed by atoms with van der Waals surface area (Å²) in [6.07, 6.45) is 17.5. The van der Waals surface area contributed by atoms with Crippen molar-refractivity contribution in [3.8, 4) is 0 Å². The Morgan fingerprint density at radius 1 is 0.741 bits per heavy atom. The van der Waals surface area contributed by atoms with Gasteiger partial charge in [0.2, 0.25) is 0 Å². The van der Waals surface area contributed by atoms with Crippen LogP contribution in [0.5, 0.6) is 0 Å². The minimum absolute atomic E-state index is 0.0104. The van der Waals surface area contributed by atoms with E-state index in [9.17, 15) is 15.0 Å². The number of ether oxygens (including phenoxy) is 3. The van der Waals surface area contributed by atoms with Crippen molar-refractivity contribution in [3.63, 3.8) is 0 Å².